The second-order valence-electron chi connectivity index (χ2n) is 6.16. The Labute approximate surface area is 149 Å². The molecular formula is C20H38N2O2. The molecule has 0 aliphatic carbocycles. The molecule has 0 rings (SSSR count). The van der Waals surface area contributed by atoms with Crippen molar-refractivity contribution in [2.75, 3.05) is 32.8 Å². The van der Waals surface area contributed by atoms with Crippen LogP contribution in [-0.4, -0.2) is 48.7 Å². The van der Waals surface area contributed by atoms with E-state index in [1.165, 1.54) is 19.3 Å². The van der Waals surface area contributed by atoms with Crippen LogP contribution in [0, 0.1) is 0 Å². The molecule has 0 spiro atoms. The summed E-state index contributed by atoms with van der Waals surface area (Å²) in [6.45, 7) is 7.56. The number of amides is 1. The van der Waals surface area contributed by atoms with Crippen molar-refractivity contribution in [2.24, 2.45) is 0 Å². The third-order valence-corrected chi connectivity index (χ3v) is 3.85. The van der Waals surface area contributed by atoms with Crippen molar-refractivity contribution in [1.82, 2.24) is 10.2 Å². The van der Waals surface area contributed by atoms with E-state index in [0.717, 1.165) is 45.2 Å². The van der Waals surface area contributed by atoms with Gasteiger partial charge in [-0.15, -0.1) is 0 Å². The molecule has 0 atom stereocenters. The van der Waals surface area contributed by atoms with Crippen molar-refractivity contribution in [3.8, 4) is 0 Å². The zero-order valence-electron chi connectivity index (χ0n) is 15.8. The van der Waals surface area contributed by atoms with E-state index in [4.69, 9.17) is 5.11 Å². The second-order valence-corrected chi connectivity index (χ2v) is 6.16. The molecule has 140 valence electrons. The summed E-state index contributed by atoms with van der Waals surface area (Å²) >= 11 is 0. The van der Waals surface area contributed by atoms with Crippen LogP contribution in [-0.2, 0) is 4.79 Å². The topological polar surface area (TPSA) is 52.6 Å². The van der Waals surface area contributed by atoms with Gasteiger partial charge in [0.25, 0.3) is 0 Å². The van der Waals surface area contributed by atoms with E-state index in [9.17, 15) is 4.79 Å². The molecule has 4 nitrogen and oxygen atoms in total. The van der Waals surface area contributed by atoms with Gasteiger partial charge in [-0.1, -0.05) is 51.3 Å². The zero-order chi connectivity index (χ0) is 17.9. The van der Waals surface area contributed by atoms with Crippen molar-refractivity contribution in [3.05, 3.63) is 24.3 Å². The molecule has 0 saturated heterocycles. The lowest BCUT2D eigenvalue weighted by atomic mass is 10.2. The minimum atomic E-state index is -0.0158. The average Bonchev–Trinajstić information content (AvgIpc) is 2.57. The van der Waals surface area contributed by atoms with Crippen LogP contribution < -0.4 is 5.32 Å². The summed E-state index contributed by atoms with van der Waals surface area (Å²) < 4.78 is 0. The van der Waals surface area contributed by atoms with Crippen molar-refractivity contribution < 1.29 is 9.90 Å². The number of nitrogens with zero attached hydrogens (tertiary/aromatic N) is 1. The monoisotopic (exact) mass is 338 g/mol. The van der Waals surface area contributed by atoms with E-state index in [2.05, 4.69) is 36.2 Å². The van der Waals surface area contributed by atoms with Gasteiger partial charge in [0.15, 0.2) is 0 Å². The maximum atomic E-state index is 11.7. The van der Waals surface area contributed by atoms with E-state index in [1.54, 1.807) is 6.08 Å². The molecule has 0 saturated carbocycles. The maximum Gasteiger partial charge on any atom is 0.243 e. The Hall–Kier alpha value is -1.13. The maximum absolute atomic E-state index is 11.7. The van der Waals surface area contributed by atoms with Crippen LogP contribution in [0.4, 0.5) is 0 Å². The van der Waals surface area contributed by atoms with Crippen LogP contribution in [0.3, 0.4) is 0 Å². The number of allylic oxidation sites excluding steroid dienone is 3. The van der Waals surface area contributed by atoms with Crippen LogP contribution >= 0.6 is 0 Å². The Kier molecular flexibility index (Phi) is 17.4. The summed E-state index contributed by atoms with van der Waals surface area (Å²) in [5, 5.41) is 12.1. The molecule has 0 aromatic carbocycles. The highest BCUT2D eigenvalue weighted by Crippen LogP contribution is 2.00. The molecule has 4 heteroatoms. The molecule has 0 unspecified atom stereocenters. The van der Waals surface area contributed by atoms with Crippen LogP contribution in [0.2, 0.25) is 0 Å². The van der Waals surface area contributed by atoms with Gasteiger partial charge in [-0.05, 0) is 44.7 Å². The fraction of sp³-hybridized carbons (Fsp3) is 0.750. The number of unbranched alkanes of at least 4 members (excludes halogenated alkanes) is 5. The summed E-state index contributed by atoms with van der Waals surface area (Å²) in [6, 6.07) is 0. The van der Waals surface area contributed by atoms with Gasteiger partial charge in [-0.2, -0.15) is 0 Å². The highest BCUT2D eigenvalue weighted by Gasteiger charge is 2.04. The number of nitrogens with one attached hydrogen (secondary N) is 1. The highest BCUT2D eigenvalue weighted by atomic mass is 16.3. The molecule has 0 bridgehead atoms. The molecule has 0 fully saturated rings. The Bertz CT molecular complexity index is 341. The van der Waals surface area contributed by atoms with Gasteiger partial charge >= 0.3 is 0 Å². The van der Waals surface area contributed by atoms with Crippen LogP contribution in [0.25, 0.3) is 0 Å². The highest BCUT2D eigenvalue weighted by molar-refractivity contribution is 5.87. The molecular weight excluding hydrogens is 300 g/mol. The predicted octanol–water partition coefficient (Wildman–Crippen LogP) is 3.67. The molecule has 2 N–H and O–H groups in total. The lowest BCUT2D eigenvalue weighted by Gasteiger charge is -2.20. The number of aliphatic hydroxyl groups excluding tert-OH is 1. The first kappa shape index (κ1) is 22.9. The molecule has 0 aliphatic rings. The fourth-order valence-electron chi connectivity index (χ4n) is 2.41. The fourth-order valence-corrected chi connectivity index (χ4v) is 2.41. The molecule has 0 heterocycles. The third kappa shape index (κ3) is 15.8. The molecule has 0 aliphatic heterocycles. The van der Waals surface area contributed by atoms with Crippen molar-refractivity contribution in [1.29, 1.82) is 0 Å². The van der Waals surface area contributed by atoms with Crippen molar-refractivity contribution in [2.45, 2.75) is 65.2 Å². The first-order valence-corrected chi connectivity index (χ1v) is 9.67. The molecule has 0 aromatic heterocycles. The number of carbonyl (C=O) groups is 1. The number of rotatable bonds is 16. The summed E-state index contributed by atoms with van der Waals surface area (Å²) in [5.41, 5.74) is 0. The van der Waals surface area contributed by atoms with E-state index in [0.29, 0.717) is 13.1 Å². The van der Waals surface area contributed by atoms with Crippen LogP contribution in [0.1, 0.15) is 65.2 Å². The van der Waals surface area contributed by atoms with Gasteiger partial charge in [-0.3, -0.25) is 9.69 Å². The van der Waals surface area contributed by atoms with Gasteiger partial charge < -0.3 is 10.4 Å². The molecule has 24 heavy (non-hydrogen) atoms. The van der Waals surface area contributed by atoms with Gasteiger partial charge in [0.2, 0.25) is 5.91 Å². The molecule has 1 amide bonds. The standard InChI is InChI=1S/C20H38N2O2/c1-3-5-7-9-11-13-16-22(18-19-23)17-15-21-20(24)14-12-10-8-6-4-2/h7,9,12,14,23H,3-6,8,10-11,13,15-19H2,1-2H3,(H,21,24)/b9-7+,14-12+. The Balaban J connectivity index is 3.80. The number of hydrogen-bond donors (Lipinski definition) is 2. The number of hydrogen-bond acceptors (Lipinski definition) is 3. The van der Waals surface area contributed by atoms with E-state index in [-0.39, 0.29) is 12.5 Å². The summed E-state index contributed by atoms with van der Waals surface area (Å²) in [6.07, 6.45) is 17.1. The van der Waals surface area contributed by atoms with Crippen molar-refractivity contribution in [3.63, 3.8) is 0 Å². The Morgan fingerprint density at radius 2 is 1.67 bits per heavy atom. The van der Waals surface area contributed by atoms with E-state index >= 15 is 0 Å². The third-order valence-electron chi connectivity index (χ3n) is 3.85. The smallest absolute Gasteiger partial charge is 0.243 e. The largest absolute Gasteiger partial charge is 0.395 e. The minimum absolute atomic E-state index is 0.0158. The van der Waals surface area contributed by atoms with Gasteiger partial charge in [0, 0.05) is 19.6 Å². The molecule has 0 radical (unpaired) electrons. The zero-order valence-corrected chi connectivity index (χ0v) is 15.8. The Morgan fingerprint density at radius 1 is 0.917 bits per heavy atom. The lowest BCUT2D eigenvalue weighted by molar-refractivity contribution is -0.116. The SMILES string of the molecule is CCC/C=C/CCCN(CCO)CCNC(=O)/C=C/CCCCC. The van der Waals surface area contributed by atoms with Crippen LogP contribution in [0.5, 0.6) is 0 Å². The normalized spacial score (nSPS) is 11.8. The summed E-state index contributed by atoms with van der Waals surface area (Å²) in [7, 11) is 0. The van der Waals surface area contributed by atoms with Crippen molar-refractivity contribution >= 4 is 5.91 Å². The summed E-state index contributed by atoms with van der Waals surface area (Å²) in [4.78, 5) is 13.9. The van der Waals surface area contributed by atoms with Gasteiger partial charge in [0.05, 0.1) is 6.61 Å². The van der Waals surface area contributed by atoms with Gasteiger partial charge in [-0.25, -0.2) is 0 Å². The Morgan fingerprint density at radius 3 is 2.38 bits per heavy atom. The van der Waals surface area contributed by atoms with Gasteiger partial charge in [0.1, 0.15) is 0 Å². The summed E-state index contributed by atoms with van der Waals surface area (Å²) in [5.74, 6) is -0.0158. The average molecular weight is 339 g/mol. The predicted molar refractivity (Wildman–Crippen MR) is 103 cm³/mol. The quantitative estimate of drug-likeness (QED) is 0.256. The van der Waals surface area contributed by atoms with E-state index < -0.39 is 0 Å². The van der Waals surface area contributed by atoms with Crippen LogP contribution in [0.15, 0.2) is 24.3 Å². The number of aliphatic hydroxyl groups is 1. The first-order valence-electron chi connectivity index (χ1n) is 9.67. The first-order chi connectivity index (χ1) is 11.7. The minimum Gasteiger partial charge on any atom is -0.395 e. The second kappa shape index (κ2) is 18.2. The lowest BCUT2D eigenvalue weighted by Crippen LogP contribution is -2.36. The molecule has 0 aromatic rings. The number of carbonyl (C=O) groups excluding carboxylic acids is 1. The van der Waals surface area contributed by atoms with E-state index in [1.807, 2.05) is 6.08 Å².